The molecule has 0 unspecified atom stereocenters. The summed E-state index contributed by atoms with van der Waals surface area (Å²) < 4.78 is 5.55. The highest BCUT2D eigenvalue weighted by atomic mass is 16.5. The van der Waals surface area contributed by atoms with Crippen LogP contribution in [0.2, 0.25) is 0 Å². The fourth-order valence-electron chi connectivity index (χ4n) is 3.83. The lowest BCUT2D eigenvalue weighted by atomic mass is 9.92. The zero-order valence-electron chi connectivity index (χ0n) is 15.1. The van der Waals surface area contributed by atoms with E-state index < -0.39 is 0 Å². The monoisotopic (exact) mass is 341 g/mol. The number of benzene rings is 1. The van der Waals surface area contributed by atoms with Gasteiger partial charge in [0.15, 0.2) is 0 Å². The maximum absolute atomic E-state index is 13.2. The Hall–Kier alpha value is -2.01. The van der Waals surface area contributed by atoms with E-state index in [1.54, 1.807) is 0 Å². The number of hydrogen-bond acceptors (Lipinski definition) is 4. The zero-order chi connectivity index (χ0) is 17.4. The van der Waals surface area contributed by atoms with E-state index in [1.807, 2.05) is 4.90 Å². The van der Waals surface area contributed by atoms with Crippen LogP contribution in [0.15, 0.2) is 23.9 Å². The fraction of sp³-hybridized carbons (Fsp3) is 0.550. The van der Waals surface area contributed by atoms with Crippen LogP contribution in [0.1, 0.15) is 45.1 Å². The van der Waals surface area contributed by atoms with Gasteiger partial charge < -0.3 is 20.3 Å². The maximum atomic E-state index is 13.2. The molecular weight excluding hydrogens is 314 g/mol. The van der Waals surface area contributed by atoms with Gasteiger partial charge in [0.1, 0.15) is 0 Å². The van der Waals surface area contributed by atoms with E-state index in [4.69, 9.17) is 4.74 Å². The molecule has 25 heavy (non-hydrogen) atoms. The van der Waals surface area contributed by atoms with Crippen molar-refractivity contribution < 1.29 is 9.53 Å². The first-order chi connectivity index (χ1) is 12.1. The standard InChI is InChI=1S/C20H27N3O2/c1-13(2)23-18-7-6-15(22-14-4-3-5-14)12-16(18)19(20(23)24)17-8-10-25-11-9-21-17/h6-7,12-14,21-22H,3-5,8-11H2,1-2H3/b19-17-. The highest BCUT2D eigenvalue weighted by molar-refractivity contribution is 6.33. The molecule has 2 fully saturated rings. The van der Waals surface area contributed by atoms with Gasteiger partial charge in [-0.3, -0.25) is 4.79 Å². The van der Waals surface area contributed by atoms with Crippen LogP contribution in [0, 0.1) is 0 Å². The fourth-order valence-corrected chi connectivity index (χ4v) is 3.83. The zero-order valence-corrected chi connectivity index (χ0v) is 15.1. The minimum absolute atomic E-state index is 0.107. The smallest absolute Gasteiger partial charge is 0.260 e. The minimum atomic E-state index is 0.107. The van der Waals surface area contributed by atoms with Gasteiger partial charge >= 0.3 is 0 Å². The lowest BCUT2D eigenvalue weighted by Crippen LogP contribution is -2.34. The number of nitrogens with one attached hydrogen (secondary N) is 2. The molecule has 1 aliphatic carbocycles. The van der Waals surface area contributed by atoms with Crippen LogP contribution in [0.5, 0.6) is 0 Å². The van der Waals surface area contributed by atoms with Gasteiger partial charge in [0, 0.05) is 42.0 Å². The van der Waals surface area contributed by atoms with E-state index in [-0.39, 0.29) is 11.9 Å². The third-order valence-corrected chi connectivity index (χ3v) is 5.33. The van der Waals surface area contributed by atoms with Crippen LogP contribution in [-0.4, -0.2) is 37.7 Å². The van der Waals surface area contributed by atoms with Gasteiger partial charge in [0.25, 0.3) is 5.91 Å². The first-order valence-corrected chi connectivity index (χ1v) is 9.44. The average molecular weight is 341 g/mol. The SMILES string of the molecule is CC(C)N1C(=O)/C(=C2/CCOCCN2)c2cc(NC3CCC3)ccc21. The lowest BCUT2D eigenvalue weighted by molar-refractivity contribution is -0.113. The number of nitrogens with zero attached hydrogens (tertiary/aromatic N) is 1. The van der Waals surface area contributed by atoms with Gasteiger partial charge in [-0.1, -0.05) is 0 Å². The number of ether oxygens (including phenoxy) is 1. The molecule has 0 spiro atoms. The summed E-state index contributed by atoms with van der Waals surface area (Å²) in [6.07, 6.45) is 4.54. The van der Waals surface area contributed by atoms with E-state index in [2.05, 4.69) is 42.7 Å². The van der Waals surface area contributed by atoms with Crippen LogP contribution in [-0.2, 0) is 9.53 Å². The van der Waals surface area contributed by atoms with Crippen LogP contribution in [0.3, 0.4) is 0 Å². The van der Waals surface area contributed by atoms with Gasteiger partial charge in [-0.15, -0.1) is 0 Å². The number of hydrogen-bond donors (Lipinski definition) is 2. The molecule has 1 saturated heterocycles. The largest absolute Gasteiger partial charge is 0.385 e. The molecule has 134 valence electrons. The summed E-state index contributed by atoms with van der Waals surface area (Å²) in [7, 11) is 0. The van der Waals surface area contributed by atoms with Crippen molar-refractivity contribution in [3.8, 4) is 0 Å². The highest BCUT2D eigenvalue weighted by Gasteiger charge is 2.36. The summed E-state index contributed by atoms with van der Waals surface area (Å²) in [5, 5.41) is 7.03. The molecule has 2 aliphatic heterocycles. The number of anilines is 2. The van der Waals surface area contributed by atoms with Crippen molar-refractivity contribution in [3.05, 3.63) is 29.5 Å². The molecule has 3 aliphatic rings. The summed E-state index contributed by atoms with van der Waals surface area (Å²) in [4.78, 5) is 15.1. The number of carbonyl (C=O) groups is 1. The van der Waals surface area contributed by atoms with Crippen LogP contribution >= 0.6 is 0 Å². The Morgan fingerprint density at radius 3 is 2.84 bits per heavy atom. The molecule has 1 saturated carbocycles. The van der Waals surface area contributed by atoms with E-state index in [0.29, 0.717) is 19.3 Å². The van der Waals surface area contributed by atoms with Crippen molar-refractivity contribution in [1.82, 2.24) is 5.32 Å². The first kappa shape index (κ1) is 16.5. The second kappa shape index (κ2) is 6.71. The quantitative estimate of drug-likeness (QED) is 0.830. The van der Waals surface area contributed by atoms with Crippen molar-refractivity contribution in [1.29, 1.82) is 0 Å². The van der Waals surface area contributed by atoms with Crippen LogP contribution < -0.4 is 15.5 Å². The number of amides is 1. The summed E-state index contributed by atoms with van der Waals surface area (Å²) in [5.74, 6) is 0.107. The van der Waals surface area contributed by atoms with E-state index in [9.17, 15) is 4.79 Å². The third-order valence-electron chi connectivity index (χ3n) is 5.33. The Morgan fingerprint density at radius 1 is 1.28 bits per heavy atom. The van der Waals surface area contributed by atoms with Crippen molar-refractivity contribution >= 4 is 22.9 Å². The molecular formula is C20H27N3O2. The topological polar surface area (TPSA) is 53.6 Å². The molecule has 1 amide bonds. The van der Waals surface area contributed by atoms with Gasteiger partial charge in [-0.25, -0.2) is 0 Å². The molecule has 0 bridgehead atoms. The molecule has 0 aromatic heterocycles. The molecule has 0 atom stereocenters. The molecule has 4 rings (SSSR count). The Morgan fingerprint density at radius 2 is 2.12 bits per heavy atom. The Kier molecular flexibility index (Phi) is 4.42. The van der Waals surface area contributed by atoms with Crippen molar-refractivity contribution in [3.63, 3.8) is 0 Å². The summed E-state index contributed by atoms with van der Waals surface area (Å²) in [5.41, 5.74) is 5.03. The van der Waals surface area contributed by atoms with Crippen molar-refractivity contribution in [2.24, 2.45) is 0 Å². The van der Waals surface area contributed by atoms with E-state index >= 15 is 0 Å². The molecule has 0 radical (unpaired) electrons. The van der Waals surface area contributed by atoms with Gasteiger partial charge in [-0.2, -0.15) is 0 Å². The number of carbonyl (C=O) groups excluding carboxylic acids is 1. The second-order valence-corrected chi connectivity index (χ2v) is 7.42. The first-order valence-electron chi connectivity index (χ1n) is 9.44. The van der Waals surface area contributed by atoms with Crippen molar-refractivity contribution in [2.75, 3.05) is 30.0 Å². The molecule has 2 heterocycles. The minimum Gasteiger partial charge on any atom is -0.385 e. The lowest BCUT2D eigenvalue weighted by Gasteiger charge is -2.28. The molecule has 5 nitrogen and oxygen atoms in total. The summed E-state index contributed by atoms with van der Waals surface area (Å²) in [6, 6.07) is 7.07. The van der Waals surface area contributed by atoms with Crippen LogP contribution in [0.4, 0.5) is 11.4 Å². The average Bonchev–Trinajstić information content (AvgIpc) is 2.71. The van der Waals surface area contributed by atoms with Gasteiger partial charge in [-0.05, 0) is 51.3 Å². The Bertz CT molecular complexity index is 697. The summed E-state index contributed by atoms with van der Waals surface area (Å²) in [6.45, 7) is 6.24. The van der Waals surface area contributed by atoms with E-state index in [1.165, 1.54) is 19.3 Å². The Balaban J connectivity index is 1.76. The molecule has 5 heteroatoms. The second-order valence-electron chi connectivity index (χ2n) is 7.42. The normalized spacial score (nSPS) is 24.0. The summed E-state index contributed by atoms with van der Waals surface area (Å²) >= 11 is 0. The van der Waals surface area contributed by atoms with Gasteiger partial charge in [0.2, 0.25) is 0 Å². The van der Waals surface area contributed by atoms with Crippen molar-refractivity contribution in [2.45, 2.75) is 51.6 Å². The number of fused-ring (bicyclic) bond motifs is 1. The predicted molar refractivity (Wildman–Crippen MR) is 101 cm³/mol. The molecule has 1 aromatic carbocycles. The Labute approximate surface area is 149 Å². The molecule has 2 N–H and O–H groups in total. The van der Waals surface area contributed by atoms with Crippen LogP contribution in [0.25, 0.3) is 5.57 Å². The number of rotatable bonds is 3. The maximum Gasteiger partial charge on any atom is 0.260 e. The van der Waals surface area contributed by atoms with E-state index in [0.717, 1.165) is 41.2 Å². The highest BCUT2D eigenvalue weighted by Crippen LogP contribution is 2.41. The molecule has 1 aromatic rings. The predicted octanol–water partition coefficient (Wildman–Crippen LogP) is 3.13. The third kappa shape index (κ3) is 3.01. The van der Waals surface area contributed by atoms with Gasteiger partial charge in [0.05, 0.1) is 24.5 Å².